The zero-order valence-corrected chi connectivity index (χ0v) is 15.5. The van der Waals surface area contributed by atoms with Crippen LogP contribution in [0.25, 0.3) is 0 Å². The second-order valence-corrected chi connectivity index (χ2v) is 7.93. The van der Waals surface area contributed by atoms with Crippen LogP contribution in [0.4, 0.5) is 0 Å². The average molecular weight is 323 g/mol. The SMILES string of the molecule is CCCCOC(=O)C1CCCCC1C1CCCCC1CCCC. The molecule has 0 aromatic heterocycles. The first-order valence-corrected chi connectivity index (χ1v) is 10.4. The van der Waals surface area contributed by atoms with E-state index in [-0.39, 0.29) is 11.9 Å². The van der Waals surface area contributed by atoms with Crippen LogP contribution in [0.1, 0.15) is 97.3 Å². The highest BCUT2D eigenvalue weighted by Gasteiger charge is 2.40. The van der Waals surface area contributed by atoms with E-state index in [1.165, 1.54) is 64.2 Å². The molecule has 2 fully saturated rings. The van der Waals surface area contributed by atoms with E-state index < -0.39 is 0 Å². The lowest BCUT2D eigenvalue weighted by atomic mass is 9.63. The molecule has 0 aromatic carbocycles. The fourth-order valence-electron chi connectivity index (χ4n) is 5.01. The first-order chi connectivity index (χ1) is 11.3. The van der Waals surface area contributed by atoms with E-state index in [4.69, 9.17) is 4.74 Å². The number of hydrogen-bond acceptors (Lipinski definition) is 2. The van der Waals surface area contributed by atoms with Crippen LogP contribution in [0, 0.1) is 23.7 Å². The van der Waals surface area contributed by atoms with Crippen molar-refractivity contribution in [2.45, 2.75) is 97.3 Å². The predicted octanol–water partition coefficient (Wildman–Crippen LogP) is 6.13. The lowest BCUT2D eigenvalue weighted by Crippen LogP contribution is -2.38. The van der Waals surface area contributed by atoms with Gasteiger partial charge in [-0.15, -0.1) is 0 Å². The number of carbonyl (C=O) groups excluding carboxylic acids is 1. The summed E-state index contributed by atoms with van der Waals surface area (Å²) in [6.45, 7) is 5.08. The van der Waals surface area contributed by atoms with Crippen LogP contribution in [0.5, 0.6) is 0 Å². The molecule has 4 unspecified atom stereocenters. The van der Waals surface area contributed by atoms with Gasteiger partial charge in [-0.3, -0.25) is 4.79 Å². The maximum Gasteiger partial charge on any atom is 0.309 e. The van der Waals surface area contributed by atoms with E-state index in [0.29, 0.717) is 12.5 Å². The van der Waals surface area contributed by atoms with Gasteiger partial charge in [-0.05, 0) is 43.4 Å². The number of hydrogen-bond donors (Lipinski definition) is 0. The van der Waals surface area contributed by atoms with E-state index in [1.54, 1.807) is 0 Å². The Hall–Kier alpha value is -0.530. The monoisotopic (exact) mass is 322 g/mol. The molecule has 0 heterocycles. The van der Waals surface area contributed by atoms with Crippen molar-refractivity contribution in [1.29, 1.82) is 0 Å². The maximum atomic E-state index is 12.6. The van der Waals surface area contributed by atoms with Crippen molar-refractivity contribution >= 4 is 5.97 Å². The van der Waals surface area contributed by atoms with Crippen LogP contribution in [-0.2, 0) is 9.53 Å². The van der Waals surface area contributed by atoms with Gasteiger partial charge in [-0.1, -0.05) is 71.6 Å². The average Bonchev–Trinajstić information content (AvgIpc) is 2.60. The Bertz CT molecular complexity index is 339. The number of ether oxygens (including phenoxy) is 1. The molecule has 0 bridgehead atoms. The molecule has 0 saturated heterocycles. The molecule has 2 nitrogen and oxygen atoms in total. The Morgan fingerprint density at radius 1 is 0.870 bits per heavy atom. The maximum absolute atomic E-state index is 12.6. The van der Waals surface area contributed by atoms with E-state index in [2.05, 4.69) is 13.8 Å². The Morgan fingerprint density at radius 2 is 1.52 bits per heavy atom. The molecular formula is C21H38O2. The van der Waals surface area contributed by atoms with Crippen LogP contribution in [0.15, 0.2) is 0 Å². The Balaban J connectivity index is 1.98. The van der Waals surface area contributed by atoms with Gasteiger partial charge in [0.1, 0.15) is 0 Å². The Morgan fingerprint density at radius 3 is 2.26 bits per heavy atom. The van der Waals surface area contributed by atoms with Crippen LogP contribution in [-0.4, -0.2) is 12.6 Å². The summed E-state index contributed by atoms with van der Waals surface area (Å²) >= 11 is 0. The molecule has 2 heteroatoms. The molecule has 0 amide bonds. The summed E-state index contributed by atoms with van der Waals surface area (Å²) in [5.74, 6) is 2.60. The lowest BCUT2D eigenvalue weighted by Gasteiger charge is -2.42. The molecule has 0 N–H and O–H groups in total. The molecule has 134 valence electrons. The quantitative estimate of drug-likeness (QED) is 0.397. The predicted molar refractivity (Wildman–Crippen MR) is 96.3 cm³/mol. The molecule has 2 rings (SSSR count). The molecule has 23 heavy (non-hydrogen) atoms. The highest BCUT2D eigenvalue weighted by atomic mass is 16.5. The van der Waals surface area contributed by atoms with Crippen molar-refractivity contribution in [3.8, 4) is 0 Å². The first-order valence-electron chi connectivity index (χ1n) is 10.4. The lowest BCUT2D eigenvalue weighted by molar-refractivity contribution is -0.153. The summed E-state index contributed by atoms with van der Waals surface area (Å²) in [6.07, 6.45) is 16.6. The van der Waals surface area contributed by atoms with Crippen molar-refractivity contribution in [3.05, 3.63) is 0 Å². The molecule has 0 radical (unpaired) electrons. The second kappa shape index (κ2) is 10.4. The molecular weight excluding hydrogens is 284 g/mol. The fourth-order valence-corrected chi connectivity index (χ4v) is 5.01. The molecule has 2 aliphatic rings. The first kappa shape index (κ1) is 18.8. The Labute approximate surface area is 143 Å². The standard InChI is InChI=1S/C21H38O2/c1-3-5-11-17-12-7-8-13-18(17)19-14-9-10-15-20(19)21(22)23-16-6-4-2/h17-20H,3-16H2,1-2H3. The second-order valence-electron chi connectivity index (χ2n) is 7.93. The van der Waals surface area contributed by atoms with Crippen LogP contribution < -0.4 is 0 Å². The van der Waals surface area contributed by atoms with E-state index >= 15 is 0 Å². The number of esters is 1. The third-order valence-corrected chi connectivity index (χ3v) is 6.31. The van der Waals surface area contributed by atoms with Crippen molar-refractivity contribution in [2.75, 3.05) is 6.61 Å². The number of unbranched alkanes of at least 4 members (excludes halogenated alkanes) is 2. The molecule has 0 aliphatic heterocycles. The van der Waals surface area contributed by atoms with Gasteiger partial charge < -0.3 is 4.74 Å². The van der Waals surface area contributed by atoms with Crippen LogP contribution >= 0.6 is 0 Å². The van der Waals surface area contributed by atoms with Gasteiger partial charge in [0, 0.05) is 0 Å². The van der Waals surface area contributed by atoms with Gasteiger partial charge in [0.2, 0.25) is 0 Å². The largest absolute Gasteiger partial charge is 0.465 e. The molecule has 4 atom stereocenters. The van der Waals surface area contributed by atoms with Gasteiger partial charge in [-0.2, -0.15) is 0 Å². The zero-order chi connectivity index (χ0) is 16.5. The van der Waals surface area contributed by atoms with E-state index in [9.17, 15) is 4.79 Å². The smallest absolute Gasteiger partial charge is 0.309 e. The van der Waals surface area contributed by atoms with Crippen LogP contribution in [0.3, 0.4) is 0 Å². The minimum Gasteiger partial charge on any atom is -0.465 e. The molecule has 0 aromatic rings. The van der Waals surface area contributed by atoms with Crippen molar-refractivity contribution in [2.24, 2.45) is 23.7 Å². The fraction of sp³-hybridized carbons (Fsp3) is 0.952. The van der Waals surface area contributed by atoms with Crippen LogP contribution in [0.2, 0.25) is 0 Å². The van der Waals surface area contributed by atoms with Gasteiger partial charge in [0.25, 0.3) is 0 Å². The molecule has 2 aliphatic carbocycles. The van der Waals surface area contributed by atoms with E-state index in [1.807, 2.05) is 0 Å². The van der Waals surface area contributed by atoms with E-state index in [0.717, 1.165) is 31.1 Å². The third-order valence-electron chi connectivity index (χ3n) is 6.31. The minimum atomic E-state index is 0.128. The summed E-state index contributed by atoms with van der Waals surface area (Å²) in [5.41, 5.74) is 0. The van der Waals surface area contributed by atoms with Crippen molar-refractivity contribution in [1.82, 2.24) is 0 Å². The summed E-state index contributed by atoms with van der Waals surface area (Å²) in [6, 6.07) is 0. The van der Waals surface area contributed by atoms with Gasteiger partial charge >= 0.3 is 5.97 Å². The van der Waals surface area contributed by atoms with Crippen molar-refractivity contribution in [3.63, 3.8) is 0 Å². The summed E-state index contributed by atoms with van der Waals surface area (Å²) in [5, 5.41) is 0. The highest BCUT2D eigenvalue weighted by molar-refractivity contribution is 5.73. The zero-order valence-electron chi connectivity index (χ0n) is 15.5. The third kappa shape index (κ3) is 5.50. The van der Waals surface area contributed by atoms with Gasteiger partial charge in [-0.25, -0.2) is 0 Å². The highest BCUT2D eigenvalue weighted by Crippen LogP contribution is 2.46. The topological polar surface area (TPSA) is 26.3 Å². The molecule has 2 saturated carbocycles. The summed E-state index contributed by atoms with van der Waals surface area (Å²) < 4.78 is 5.62. The summed E-state index contributed by atoms with van der Waals surface area (Å²) in [7, 11) is 0. The number of carbonyl (C=O) groups is 1. The minimum absolute atomic E-state index is 0.128. The normalized spacial score (nSPS) is 31.7. The van der Waals surface area contributed by atoms with Gasteiger partial charge in [0.15, 0.2) is 0 Å². The van der Waals surface area contributed by atoms with Crippen molar-refractivity contribution < 1.29 is 9.53 Å². The molecule has 0 spiro atoms. The Kier molecular flexibility index (Phi) is 8.47. The number of rotatable bonds is 8. The summed E-state index contributed by atoms with van der Waals surface area (Å²) in [4.78, 5) is 12.6. The van der Waals surface area contributed by atoms with Gasteiger partial charge in [0.05, 0.1) is 12.5 Å².